The molecule has 104 valence electrons. The second-order valence-electron chi connectivity index (χ2n) is 4.31. The van der Waals surface area contributed by atoms with Gasteiger partial charge in [-0.2, -0.15) is 0 Å². The lowest BCUT2D eigenvalue weighted by Gasteiger charge is -2.06. The number of rotatable bonds is 6. The minimum Gasteiger partial charge on any atom is -0.370 e. The molecule has 0 aliphatic carbocycles. The highest BCUT2D eigenvalue weighted by Gasteiger charge is 2.09. The van der Waals surface area contributed by atoms with E-state index in [4.69, 9.17) is 11.6 Å². The molecule has 0 atom stereocenters. The lowest BCUT2D eigenvalue weighted by atomic mass is 10.1. The fourth-order valence-corrected chi connectivity index (χ4v) is 2.04. The van der Waals surface area contributed by atoms with Crippen molar-refractivity contribution in [2.24, 2.45) is 0 Å². The van der Waals surface area contributed by atoms with Crippen molar-refractivity contribution in [3.63, 3.8) is 0 Å². The quantitative estimate of drug-likeness (QED) is 0.381. The Bertz CT molecular complexity index is 590. The standard InChI is InChI=1S/C14H14ClN3O2/c15-13-9-12(18(19)20)10-14(17-13)16-8-4-7-11-5-2-1-3-6-11/h1-3,5-6,9-10H,4,7-8H2,(H,16,17). The average Bonchev–Trinajstić information content (AvgIpc) is 2.44. The fraction of sp³-hybridized carbons (Fsp3) is 0.214. The predicted octanol–water partition coefficient (Wildman–Crippen LogP) is 3.69. The highest BCUT2D eigenvalue weighted by atomic mass is 35.5. The van der Waals surface area contributed by atoms with E-state index in [2.05, 4.69) is 22.4 Å². The van der Waals surface area contributed by atoms with Crippen LogP contribution in [0.5, 0.6) is 0 Å². The lowest BCUT2D eigenvalue weighted by molar-refractivity contribution is -0.384. The van der Waals surface area contributed by atoms with Crippen molar-refractivity contribution < 1.29 is 4.92 Å². The molecule has 0 spiro atoms. The molecule has 1 aromatic heterocycles. The predicted molar refractivity (Wildman–Crippen MR) is 79.2 cm³/mol. The number of nitrogens with zero attached hydrogens (tertiary/aromatic N) is 2. The molecule has 2 rings (SSSR count). The molecule has 0 bridgehead atoms. The Morgan fingerprint density at radius 2 is 2.00 bits per heavy atom. The van der Waals surface area contributed by atoms with Gasteiger partial charge in [-0.1, -0.05) is 41.9 Å². The summed E-state index contributed by atoms with van der Waals surface area (Å²) in [7, 11) is 0. The number of aryl methyl sites for hydroxylation is 1. The molecular weight excluding hydrogens is 278 g/mol. The summed E-state index contributed by atoms with van der Waals surface area (Å²) in [6.07, 6.45) is 1.85. The molecule has 0 fully saturated rings. The molecule has 0 aliphatic rings. The maximum Gasteiger partial charge on any atom is 0.276 e. The molecular formula is C14H14ClN3O2. The molecule has 5 nitrogen and oxygen atoms in total. The number of hydrogen-bond donors (Lipinski definition) is 1. The Morgan fingerprint density at radius 3 is 2.70 bits per heavy atom. The van der Waals surface area contributed by atoms with Crippen molar-refractivity contribution in [3.8, 4) is 0 Å². The van der Waals surface area contributed by atoms with E-state index in [9.17, 15) is 10.1 Å². The van der Waals surface area contributed by atoms with Crippen molar-refractivity contribution >= 4 is 23.1 Å². The van der Waals surface area contributed by atoms with Crippen LogP contribution in [0.4, 0.5) is 11.5 Å². The van der Waals surface area contributed by atoms with Gasteiger partial charge in [0.1, 0.15) is 11.0 Å². The first-order chi connectivity index (χ1) is 9.65. The Kier molecular flexibility index (Phi) is 4.90. The van der Waals surface area contributed by atoms with Crippen molar-refractivity contribution in [1.82, 2.24) is 4.98 Å². The Labute approximate surface area is 121 Å². The third-order valence-electron chi connectivity index (χ3n) is 2.78. The molecule has 1 heterocycles. The van der Waals surface area contributed by atoms with Gasteiger partial charge in [0.2, 0.25) is 0 Å². The van der Waals surface area contributed by atoms with Crippen LogP contribution >= 0.6 is 11.6 Å². The van der Waals surface area contributed by atoms with Gasteiger partial charge >= 0.3 is 0 Å². The van der Waals surface area contributed by atoms with Crippen LogP contribution in [-0.4, -0.2) is 16.5 Å². The van der Waals surface area contributed by atoms with Gasteiger partial charge in [0.25, 0.3) is 5.69 Å². The molecule has 0 radical (unpaired) electrons. The van der Waals surface area contributed by atoms with Crippen molar-refractivity contribution in [3.05, 3.63) is 63.3 Å². The molecule has 6 heteroatoms. The van der Waals surface area contributed by atoms with E-state index in [1.54, 1.807) is 0 Å². The Hall–Kier alpha value is -2.14. The number of anilines is 1. The van der Waals surface area contributed by atoms with E-state index in [0.717, 1.165) is 12.8 Å². The molecule has 20 heavy (non-hydrogen) atoms. The highest BCUT2D eigenvalue weighted by molar-refractivity contribution is 6.29. The summed E-state index contributed by atoms with van der Waals surface area (Å²) < 4.78 is 0. The van der Waals surface area contributed by atoms with E-state index in [0.29, 0.717) is 12.4 Å². The van der Waals surface area contributed by atoms with Gasteiger partial charge in [0.15, 0.2) is 0 Å². The summed E-state index contributed by atoms with van der Waals surface area (Å²) in [5.74, 6) is 0.428. The average molecular weight is 292 g/mol. The fourth-order valence-electron chi connectivity index (χ4n) is 1.83. The van der Waals surface area contributed by atoms with Crippen LogP contribution in [0, 0.1) is 10.1 Å². The molecule has 0 aliphatic heterocycles. The first-order valence-electron chi connectivity index (χ1n) is 6.25. The summed E-state index contributed by atoms with van der Waals surface area (Å²) >= 11 is 5.75. The number of hydrogen-bond acceptors (Lipinski definition) is 4. The molecule has 1 aromatic carbocycles. The number of aromatic nitrogens is 1. The second kappa shape index (κ2) is 6.86. The van der Waals surface area contributed by atoms with E-state index < -0.39 is 4.92 Å². The molecule has 0 saturated heterocycles. The Balaban J connectivity index is 1.86. The van der Waals surface area contributed by atoms with Gasteiger partial charge in [-0.25, -0.2) is 4.98 Å². The third-order valence-corrected chi connectivity index (χ3v) is 2.97. The largest absolute Gasteiger partial charge is 0.370 e. The van der Waals surface area contributed by atoms with E-state index >= 15 is 0 Å². The first kappa shape index (κ1) is 14.3. The van der Waals surface area contributed by atoms with Gasteiger partial charge < -0.3 is 5.32 Å². The normalized spacial score (nSPS) is 10.2. The van der Waals surface area contributed by atoms with Crippen molar-refractivity contribution in [2.75, 3.05) is 11.9 Å². The van der Waals surface area contributed by atoms with Crippen LogP contribution in [-0.2, 0) is 6.42 Å². The number of nitrogens with one attached hydrogen (secondary N) is 1. The maximum atomic E-state index is 10.7. The Morgan fingerprint density at radius 1 is 1.25 bits per heavy atom. The summed E-state index contributed by atoms with van der Waals surface area (Å²) in [5.41, 5.74) is 1.20. The zero-order valence-corrected chi connectivity index (χ0v) is 11.5. The minimum atomic E-state index is -0.483. The molecule has 0 unspecified atom stereocenters. The summed E-state index contributed by atoms with van der Waals surface area (Å²) in [6, 6.07) is 12.8. The van der Waals surface area contributed by atoms with Crippen LogP contribution in [0.3, 0.4) is 0 Å². The summed E-state index contributed by atoms with van der Waals surface area (Å²) in [6.45, 7) is 0.680. The van der Waals surface area contributed by atoms with Gasteiger partial charge in [0, 0.05) is 6.54 Å². The lowest BCUT2D eigenvalue weighted by Crippen LogP contribution is -2.05. The first-order valence-corrected chi connectivity index (χ1v) is 6.63. The monoisotopic (exact) mass is 291 g/mol. The molecule has 1 N–H and O–H groups in total. The summed E-state index contributed by atoms with van der Waals surface area (Å²) in [5, 5.41) is 13.9. The van der Waals surface area contributed by atoms with Crippen LogP contribution in [0.1, 0.15) is 12.0 Å². The van der Waals surface area contributed by atoms with Crippen molar-refractivity contribution in [1.29, 1.82) is 0 Å². The maximum absolute atomic E-state index is 10.7. The van der Waals surface area contributed by atoms with Gasteiger partial charge in [-0.15, -0.1) is 0 Å². The van der Waals surface area contributed by atoms with Gasteiger partial charge in [-0.05, 0) is 18.4 Å². The van der Waals surface area contributed by atoms with Crippen LogP contribution in [0.15, 0.2) is 42.5 Å². The number of pyridine rings is 1. The topological polar surface area (TPSA) is 68.1 Å². The summed E-state index contributed by atoms with van der Waals surface area (Å²) in [4.78, 5) is 14.2. The molecule has 0 amide bonds. The molecule has 0 saturated carbocycles. The SMILES string of the molecule is O=[N+]([O-])c1cc(Cl)nc(NCCCc2ccccc2)c1. The zero-order valence-electron chi connectivity index (χ0n) is 10.8. The minimum absolute atomic E-state index is 0.0597. The molecule has 2 aromatic rings. The van der Waals surface area contributed by atoms with Crippen LogP contribution in [0.2, 0.25) is 5.15 Å². The van der Waals surface area contributed by atoms with E-state index in [-0.39, 0.29) is 10.8 Å². The van der Waals surface area contributed by atoms with Crippen LogP contribution in [0.25, 0.3) is 0 Å². The van der Waals surface area contributed by atoms with E-state index in [1.165, 1.54) is 17.7 Å². The smallest absolute Gasteiger partial charge is 0.276 e. The number of halogens is 1. The third kappa shape index (κ3) is 4.20. The van der Waals surface area contributed by atoms with Crippen LogP contribution < -0.4 is 5.32 Å². The van der Waals surface area contributed by atoms with Gasteiger partial charge in [-0.3, -0.25) is 10.1 Å². The second-order valence-corrected chi connectivity index (χ2v) is 4.69. The van der Waals surface area contributed by atoms with E-state index in [1.807, 2.05) is 18.2 Å². The number of nitro groups is 1. The number of benzene rings is 1. The zero-order chi connectivity index (χ0) is 14.4. The highest BCUT2D eigenvalue weighted by Crippen LogP contribution is 2.20. The van der Waals surface area contributed by atoms with Gasteiger partial charge in [0.05, 0.1) is 17.1 Å². The van der Waals surface area contributed by atoms with Crippen molar-refractivity contribution in [2.45, 2.75) is 12.8 Å².